The molecule has 0 N–H and O–H groups in total. The summed E-state index contributed by atoms with van der Waals surface area (Å²) in [5, 5.41) is 11.1. The second kappa shape index (κ2) is 6.95. The summed E-state index contributed by atoms with van der Waals surface area (Å²) in [4.78, 5) is 25.1. The number of hydrogen-bond donors (Lipinski definition) is 0. The molecule has 1 aliphatic rings. The lowest BCUT2D eigenvalue weighted by Crippen LogP contribution is -2.28. The SMILES string of the molecule is Cc1ccccc1N1C(=O)C(=Cc2ccc(Cl)c([N+](=O)[O-])c2)SC1=S. The molecular weight excluding hydrogens is 380 g/mol. The van der Waals surface area contributed by atoms with E-state index in [4.69, 9.17) is 23.8 Å². The van der Waals surface area contributed by atoms with Crippen LogP contribution in [-0.4, -0.2) is 15.2 Å². The minimum atomic E-state index is -0.557. The van der Waals surface area contributed by atoms with Gasteiger partial charge in [-0.05, 0) is 36.3 Å². The average Bonchev–Trinajstić information content (AvgIpc) is 2.84. The predicted molar refractivity (Wildman–Crippen MR) is 105 cm³/mol. The summed E-state index contributed by atoms with van der Waals surface area (Å²) in [6.45, 7) is 1.90. The van der Waals surface area contributed by atoms with Crippen LogP contribution in [0.5, 0.6) is 0 Å². The lowest BCUT2D eigenvalue weighted by atomic mass is 10.1. The zero-order valence-corrected chi connectivity index (χ0v) is 15.3. The van der Waals surface area contributed by atoms with Gasteiger partial charge in [-0.3, -0.25) is 19.8 Å². The summed E-state index contributed by atoms with van der Waals surface area (Å²) in [6, 6.07) is 11.9. The zero-order chi connectivity index (χ0) is 18.1. The minimum absolute atomic E-state index is 0.0506. The first-order chi connectivity index (χ1) is 11.9. The molecule has 1 heterocycles. The van der Waals surface area contributed by atoms with E-state index in [2.05, 4.69) is 0 Å². The summed E-state index contributed by atoms with van der Waals surface area (Å²) >= 11 is 12.3. The maximum atomic E-state index is 12.7. The molecule has 1 amide bonds. The van der Waals surface area contributed by atoms with Gasteiger partial charge in [0.2, 0.25) is 0 Å². The van der Waals surface area contributed by atoms with E-state index < -0.39 is 4.92 Å². The van der Waals surface area contributed by atoms with Crippen molar-refractivity contribution in [3.05, 3.63) is 73.6 Å². The van der Waals surface area contributed by atoms with Crippen molar-refractivity contribution >= 4 is 63.3 Å². The highest BCUT2D eigenvalue weighted by Crippen LogP contribution is 2.37. The third kappa shape index (κ3) is 3.44. The Morgan fingerprint density at radius 1 is 1.28 bits per heavy atom. The number of thiocarbonyl (C=S) groups is 1. The number of nitrogens with zero attached hydrogens (tertiary/aromatic N) is 2. The molecule has 0 aliphatic carbocycles. The highest BCUT2D eigenvalue weighted by Gasteiger charge is 2.34. The van der Waals surface area contributed by atoms with Gasteiger partial charge in [0.05, 0.1) is 15.5 Å². The fraction of sp³-hybridized carbons (Fsp3) is 0.0588. The van der Waals surface area contributed by atoms with Gasteiger partial charge in [0, 0.05) is 6.07 Å². The molecule has 0 atom stereocenters. The Balaban J connectivity index is 1.98. The van der Waals surface area contributed by atoms with Gasteiger partial charge in [0.25, 0.3) is 11.6 Å². The summed E-state index contributed by atoms with van der Waals surface area (Å²) in [5.74, 6) is -0.248. The van der Waals surface area contributed by atoms with E-state index in [-0.39, 0.29) is 16.6 Å². The van der Waals surface area contributed by atoms with Gasteiger partial charge in [-0.1, -0.05) is 59.8 Å². The first-order valence-electron chi connectivity index (χ1n) is 7.16. The van der Waals surface area contributed by atoms with E-state index in [9.17, 15) is 14.9 Å². The number of benzene rings is 2. The summed E-state index contributed by atoms with van der Waals surface area (Å²) < 4.78 is 0.425. The van der Waals surface area contributed by atoms with Gasteiger partial charge in [-0.15, -0.1) is 0 Å². The Bertz CT molecular complexity index is 943. The van der Waals surface area contributed by atoms with Crippen molar-refractivity contribution in [2.75, 3.05) is 4.90 Å². The van der Waals surface area contributed by atoms with Crippen LogP contribution in [0.4, 0.5) is 11.4 Å². The molecule has 2 aromatic carbocycles. The molecule has 0 unspecified atom stereocenters. The Morgan fingerprint density at radius 3 is 2.68 bits per heavy atom. The second-order valence-electron chi connectivity index (χ2n) is 5.27. The predicted octanol–water partition coefficient (Wildman–Crippen LogP) is 4.96. The fourth-order valence-electron chi connectivity index (χ4n) is 2.40. The summed E-state index contributed by atoms with van der Waals surface area (Å²) in [7, 11) is 0. The lowest BCUT2D eigenvalue weighted by Gasteiger charge is -2.16. The normalized spacial score (nSPS) is 15.9. The number of thioether (sulfide) groups is 1. The van der Waals surface area contributed by atoms with E-state index in [1.54, 1.807) is 12.1 Å². The monoisotopic (exact) mass is 390 g/mol. The van der Waals surface area contributed by atoms with E-state index in [1.165, 1.54) is 17.0 Å². The van der Waals surface area contributed by atoms with Crippen molar-refractivity contribution in [2.24, 2.45) is 0 Å². The molecule has 1 aliphatic heterocycles. The van der Waals surface area contributed by atoms with Crippen LogP contribution >= 0.6 is 35.6 Å². The molecule has 3 rings (SSSR count). The molecule has 0 saturated carbocycles. The molecule has 25 heavy (non-hydrogen) atoms. The number of nitro groups is 1. The van der Waals surface area contributed by atoms with Crippen LogP contribution in [-0.2, 0) is 4.79 Å². The largest absolute Gasteiger partial charge is 0.288 e. The molecule has 1 saturated heterocycles. The molecule has 0 aromatic heterocycles. The molecule has 126 valence electrons. The van der Waals surface area contributed by atoms with Crippen molar-refractivity contribution in [3.63, 3.8) is 0 Å². The van der Waals surface area contributed by atoms with Gasteiger partial charge in [0.15, 0.2) is 4.32 Å². The molecular formula is C17H11ClN2O3S2. The van der Waals surface area contributed by atoms with Gasteiger partial charge >= 0.3 is 0 Å². The zero-order valence-electron chi connectivity index (χ0n) is 12.9. The summed E-state index contributed by atoms with van der Waals surface area (Å²) in [5.41, 5.74) is 1.98. The molecule has 0 radical (unpaired) electrons. The van der Waals surface area contributed by atoms with Crippen LogP contribution < -0.4 is 4.90 Å². The van der Waals surface area contributed by atoms with Crippen molar-refractivity contribution in [1.29, 1.82) is 0 Å². The van der Waals surface area contributed by atoms with Gasteiger partial charge in [0.1, 0.15) is 5.02 Å². The number of anilines is 1. The molecule has 1 fully saturated rings. The van der Waals surface area contributed by atoms with E-state index in [0.29, 0.717) is 14.8 Å². The number of nitro benzene ring substituents is 1. The van der Waals surface area contributed by atoms with Crippen LogP contribution in [0.15, 0.2) is 47.4 Å². The third-order valence-corrected chi connectivity index (χ3v) is 5.24. The van der Waals surface area contributed by atoms with E-state index in [1.807, 2.05) is 31.2 Å². The van der Waals surface area contributed by atoms with E-state index in [0.717, 1.165) is 23.0 Å². The second-order valence-corrected chi connectivity index (χ2v) is 7.35. The Morgan fingerprint density at radius 2 is 2.00 bits per heavy atom. The minimum Gasteiger partial charge on any atom is -0.268 e. The highest BCUT2D eigenvalue weighted by molar-refractivity contribution is 8.27. The van der Waals surface area contributed by atoms with Crippen molar-refractivity contribution in [2.45, 2.75) is 6.92 Å². The standard InChI is InChI=1S/C17H11ClN2O3S2/c1-10-4-2-3-5-13(10)19-16(21)15(25-17(19)24)9-11-6-7-12(18)14(8-11)20(22)23/h2-9H,1H3. The fourth-order valence-corrected chi connectivity index (χ4v) is 3.87. The number of hydrogen-bond acceptors (Lipinski definition) is 5. The highest BCUT2D eigenvalue weighted by atomic mass is 35.5. The maximum Gasteiger partial charge on any atom is 0.288 e. The topological polar surface area (TPSA) is 63.5 Å². The first-order valence-corrected chi connectivity index (χ1v) is 8.76. The number of carbonyl (C=O) groups is 1. The number of rotatable bonds is 3. The van der Waals surface area contributed by atoms with Crippen molar-refractivity contribution in [1.82, 2.24) is 0 Å². The quantitative estimate of drug-likeness (QED) is 0.320. The van der Waals surface area contributed by atoms with Crippen LogP contribution in [0, 0.1) is 17.0 Å². The molecule has 0 spiro atoms. The lowest BCUT2D eigenvalue weighted by molar-refractivity contribution is -0.384. The van der Waals surface area contributed by atoms with Crippen molar-refractivity contribution < 1.29 is 9.72 Å². The smallest absolute Gasteiger partial charge is 0.268 e. The Labute approximate surface area is 158 Å². The third-order valence-electron chi connectivity index (χ3n) is 3.61. The number of para-hydroxylation sites is 1. The van der Waals surface area contributed by atoms with E-state index >= 15 is 0 Å². The number of amides is 1. The Hall–Kier alpha value is -2.22. The van der Waals surface area contributed by atoms with Gasteiger partial charge < -0.3 is 0 Å². The first kappa shape index (κ1) is 17.6. The van der Waals surface area contributed by atoms with Crippen LogP contribution in [0.2, 0.25) is 5.02 Å². The number of aryl methyl sites for hydroxylation is 1. The number of halogens is 1. The van der Waals surface area contributed by atoms with Crippen molar-refractivity contribution in [3.8, 4) is 0 Å². The van der Waals surface area contributed by atoms with Crippen LogP contribution in [0.1, 0.15) is 11.1 Å². The molecule has 0 bridgehead atoms. The molecule has 2 aromatic rings. The van der Waals surface area contributed by atoms with Gasteiger partial charge in [-0.2, -0.15) is 0 Å². The van der Waals surface area contributed by atoms with Crippen LogP contribution in [0.25, 0.3) is 6.08 Å². The Kier molecular flexibility index (Phi) is 4.89. The van der Waals surface area contributed by atoms with Crippen LogP contribution in [0.3, 0.4) is 0 Å². The summed E-state index contributed by atoms with van der Waals surface area (Å²) in [6.07, 6.45) is 1.58. The van der Waals surface area contributed by atoms with Gasteiger partial charge in [-0.25, -0.2) is 0 Å². The molecule has 5 nitrogen and oxygen atoms in total. The average molecular weight is 391 g/mol. The number of carbonyl (C=O) groups excluding carboxylic acids is 1. The maximum absolute atomic E-state index is 12.7. The molecule has 8 heteroatoms.